The summed E-state index contributed by atoms with van der Waals surface area (Å²) >= 11 is 1.77. The number of carbonyl (C=O) groups excluding carboxylic acids is 2. The van der Waals surface area contributed by atoms with Crippen LogP contribution < -0.4 is 0 Å². The first kappa shape index (κ1) is 20.4. The van der Waals surface area contributed by atoms with Crippen LogP contribution in [0.25, 0.3) is 0 Å². The van der Waals surface area contributed by atoms with Crippen LogP contribution in [0, 0.1) is 19.8 Å². The normalized spacial score (nSPS) is 17.2. The second-order valence-corrected chi connectivity index (χ2v) is 8.52. The number of nitrogens with zero attached hydrogens (tertiary/aromatic N) is 2. The molecule has 0 radical (unpaired) electrons. The average molecular weight is 381 g/mol. The zero-order valence-corrected chi connectivity index (χ0v) is 16.6. The van der Waals surface area contributed by atoms with Gasteiger partial charge in [-0.2, -0.15) is 0 Å². The number of hydrogen-bond donors (Lipinski definition) is 1. The van der Waals surface area contributed by atoms with Crippen LogP contribution in [0.2, 0.25) is 0 Å². The Morgan fingerprint density at radius 1 is 1.35 bits per heavy atom. The molecule has 1 unspecified atom stereocenters. The van der Waals surface area contributed by atoms with Crippen LogP contribution in [-0.2, 0) is 20.8 Å². The van der Waals surface area contributed by atoms with Gasteiger partial charge in [0.2, 0.25) is 11.8 Å². The van der Waals surface area contributed by atoms with E-state index in [0.717, 1.165) is 12.8 Å². The van der Waals surface area contributed by atoms with E-state index in [4.69, 9.17) is 5.11 Å². The Morgan fingerprint density at radius 3 is 2.69 bits per heavy atom. The van der Waals surface area contributed by atoms with Crippen LogP contribution in [-0.4, -0.2) is 59.4 Å². The van der Waals surface area contributed by atoms with Crippen molar-refractivity contribution in [3.63, 3.8) is 0 Å². The minimum absolute atomic E-state index is 0.0156. The van der Waals surface area contributed by atoms with Crippen LogP contribution in [0.4, 0.5) is 0 Å². The third kappa shape index (κ3) is 5.56. The summed E-state index contributed by atoms with van der Waals surface area (Å²) in [5.41, 5.74) is 1.30. The second-order valence-electron chi connectivity index (χ2n) is 7.06. The van der Waals surface area contributed by atoms with Crippen molar-refractivity contribution < 1.29 is 19.5 Å². The standard InChI is InChI=1S/C19H28N2O4S/c1-13-10-15(14(2)26-13)6-4-8-17(22)20(3)12-18(23)21-9-5-7-16(11-21)19(24)25/h10,16H,4-9,11-12H2,1-3H3,(H,24,25). The summed E-state index contributed by atoms with van der Waals surface area (Å²) in [6.45, 7) is 5.01. The molecule has 1 aromatic rings. The summed E-state index contributed by atoms with van der Waals surface area (Å²) in [6.07, 6.45) is 3.35. The molecule has 1 N–H and O–H groups in total. The van der Waals surface area contributed by atoms with E-state index >= 15 is 0 Å². The van der Waals surface area contributed by atoms with Crippen molar-refractivity contribution in [2.45, 2.75) is 46.0 Å². The van der Waals surface area contributed by atoms with Gasteiger partial charge in [0, 0.05) is 36.3 Å². The van der Waals surface area contributed by atoms with E-state index < -0.39 is 11.9 Å². The molecule has 0 bridgehead atoms. The number of rotatable bonds is 7. The number of carboxylic acids is 1. The Bertz CT molecular complexity index is 670. The highest BCUT2D eigenvalue weighted by atomic mass is 32.1. The van der Waals surface area contributed by atoms with Crippen LogP contribution >= 0.6 is 11.3 Å². The van der Waals surface area contributed by atoms with Gasteiger partial charge >= 0.3 is 5.97 Å². The zero-order chi connectivity index (χ0) is 19.3. The van der Waals surface area contributed by atoms with Crippen LogP contribution in [0.3, 0.4) is 0 Å². The van der Waals surface area contributed by atoms with Gasteiger partial charge in [-0.1, -0.05) is 0 Å². The summed E-state index contributed by atoms with van der Waals surface area (Å²) in [4.78, 5) is 41.4. The van der Waals surface area contributed by atoms with Gasteiger partial charge in [0.15, 0.2) is 0 Å². The first-order valence-corrected chi connectivity index (χ1v) is 9.90. The van der Waals surface area contributed by atoms with E-state index in [-0.39, 0.29) is 24.9 Å². The number of aliphatic carboxylic acids is 1. The molecular formula is C19H28N2O4S. The molecule has 144 valence electrons. The van der Waals surface area contributed by atoms with E-state index in [9.17, 15) is 14.4 Å². The van der Waals surface area contributed by atoms with E-state index in [1.165, 1.54) is 20.2 Å². The molecule has 0 aromatic carbocycles. The molecule has 0 aliphatic carbocycles. The molecule has 1 aromatic heterocycles. The number of carboxylic acid groups (broad SMARTS) is 1. The van der Waals surface area contributed by atoms with Gasteiger partial charge in [0.25, 0.3) is 0 Å². The number of aryl methyl sites for hydroxylation is 3. The predicted octanol–water partition coefficient (Wildman–Crippen LogP) is 2.47. The second kappa shape index (κ2) is 9.16. The van der Waals surface area contributed by atoms with Gasteiger partial charge in [-0.3, -0.25) is 14.4 Å². The molecule has 1 aliphatic heterocycles. The van der Waals surface area contributed by atoms with Gasteiger partial charge in [0.05, 0.1) is 12.5 Å². The zero-order valence-electron chi connectivity index (χ0n) is 15.8. The topological polar surface area (TPSA) is 77.9 Å². The van der Waals surface area contributed by atoms with Crippen molar-refractivity contribution in [2.75, 3.05) is 26.7 Å². The summed E-state index contributed by atoms with van der Waals surface area (Å²) in [5.74, 6) is -1.57. The maximum absolute atomic E-state index is 12.4. The maximum atomic E-state index is 12.4. The van der Waals surface area contributed by atoms with Gasteiger partial charge < -0.3 is 14.9 Å². The average Bonchev–Trinajstić information content (AvgIpc) is 2.92. The molecular weight excluding hydrogens is 352 g/mol. The maximum Gasteiger partial charge on any atom is 0.308 e. The minimum atomic E-state index is -0.856. The Hall–Kier alpha value is -1.89. The number of thiophene rings is 1. The lowest BCUT2D eigenvalue weighted by molar-refractivity contribution is -0.147. The molecule has 26 heavy (non-hydrogen) atoms. The first-order chi connectivity index (χ1) is 12.3. The first-order valence-electron chi connectivity index (χ1n) is 9.08. The monoisotopic (exact) mass is 380 g/mol. The molecule has 2 amide bonds. The van der Waals surface area contributed by atoms with Crippen molar-refractivity contribution in [2.24, 2.45) is 5.92 Å². The molecule has 2 heterocycles. The lowest BCUT2D eigenvalue weighted by Crippen LogP contribution is -2.46. The van der Waals surface area contributed by atoms with Crippen LogP contribution in [0.15, 0.2) is 6.07 Å². The molecule has 1 fully saturated rings. The third-order valence-corrected chi connectivity index (χ3v) is 5.91. The van der Waals surface area contributed by atoms with Crippen molar-refractivity contribution in [1.82, 2.24) is 9.80 Å². The fourth-order valence-electron chi connectivity index (χ4n) is 3.35. The number of likely N-dealkylation sites (N-methyl/N-ethyl adjacent to an activating group) is 1. The lowest BCUT2D eigenvalue weighted by Gasteiger charge is -2.32. The summed E-state index contributed by atoms with van der Waals surface area (Å²) in [7, 11) is 1.64. The lowest BCUT2D eigenvalue weighted by atomic mass is 9.98. The molecule has 1 aliphatic rings. The number of likely N-dealkylation sites (tertiary alicyclic amines) is 1. The van der Waals surface area contributed by atoms with Gasteiger partial charge in [-0.05, 0) is 51.2 Å². The van der Waals surface area contributed by atoms with Gasteiger partial charge in [-0.15, -0.1) is 11.3 Å². The molecule has 7 heteroatoms. The fraction of sp³-hybridized carbons (Fsp3) is 0.632. The molecule has 0 saturated carbocycles. The Balaban J connectivity index is 1.76. The number of hydrogen-bond acceptors (Lipinski definition) is 4. The largest absolute Gasteiger partial charge is 0.481 e. The van der Waals surface area contributed by atoms with Gasteiger partial charge in [-0.25, -0.2) is 0 Å². The highest BCUT2D eigenvalue weighted by Crippen LogP contribution is 2.22. The highest BCUT2D eigenvalue weighted by molar-refractivity contribution is 7.12. The smallest absolute Gasteiger partial charge is 0.308 e. The Labute approximate surface area is 158 Å². The van der Waals surface area contributed by atoms with Crippen molar-refractivity contribution in [3.05, 3.63) is 21.4 Å². The van der Waals surface area contributed by atoms with Gasteiger partial charge in [0.1, 0.15) is 0 Å². The number of piperidine rings is 1. The Morgan fingerprint density at radius 2 is 2.08 bits per heavy atom. The quantitative estimate of drug-likeness (QED) is 0.788. The van der Waals surface area contributed by atoms with Crippen molar-refractivity contribution >= 4 is 29.1 Å². The number of carbonyl (C=O) groups is 3. The molecule has 0 spiro atoms. The van der Waals surface area contributed by atoms with Crippen molar-refractivity contribution in [3.8, 4) is 0 Å². The minimum Gasteiger partial charge on any atom is -0.481 e. The summed E-state index contributed by atoms with van der Waals surface area (Å²) in [5, 5.41) is 9.12. The van der Waals surface area contributed by atoms with Crippen LogP contribution in [0.1, 0.15) is 41.0 Å². The molecule has 1 saturated heterocycles. The molecule has 2 rings (SSSR count). The summed E-state index contributed by atoms with van der Waals surface area (Å²) < 4.78 is 0. The SMILES string of the molecule is Cc1cc(CCCC(=O)N(C)CC(=O)N2CCCC(C(=O)O)C2)c(C)s1. The van der Waals surface area contributed by atoms with E-state index in [0.29, 0.717) is 25.8 Å². The van der Waals surface area contributed by atoms with E-state index in [2.05, 4.69) is 19.9 Å². The highest BCUT2D eigenvalue weighted by Gasteiger charge is 2.28. The molecule has 1 atom stereocenters. The predicted molar refractivity (Wildman–Crippen MR) is 101 cm³/mol. The van der Waals surface area contributed by atoms with Crippen LogP contribution in [0.5, 0.6) is 0 Å². The number of amides is 2. The van der Waals surface area contributed by atoms with Crippen molar-refractivity contribution in [1.29, 1.82) is 0 Å². The van der Waals surface area contributed by atoms with E-state index in [1.807, 2.05) is 0 Å². The Kier molecular flexibility index (Phi) is 7.20. The van der Waals surface area contributed by atoms with E-state index in [1.54, 1.807) is 23.3 Å². The third-order valence-electron chi connectivity index (χ3n) is 4.90. The fourth-order valence-corrected chi connectivity index (χ4v) is 4.33. The molecule has 6 nitrogen and oxygen atoms in total. The summed E-state index contributed by atoms with van der Waals surface area (Å²) in [6, 6.07) is 2.17.